The predicted molar refractivity (Wildman–Crippen MR) is 89.0 cm³/mol. The Kier molecular flexibility index (Phi) is 3.54. The molecule has 1 aromatic carbocycles. The number of nitrogens with zero attached hydrogens (tertiary/aromatic N) is 4. The van der Waals surface area contributed by atoms with Gasteiger partial charge in [0.05, 0.1) is 18.8 Å². The molecule has 0 atom stereocenters. The van der Waals surface area contributed by atoms with Crippen LogP contribution in [0, 0.1) is 11.3 Å². The summed E-state index contributed by atoms with van der Waals surface area (Å²) in [6.07, 6.45) is 3.20. The van der Waals surface area contributed by atoms with Gasteiger partial charge in [0, 0.05) is 30.1 Å². The van der Waals surface area contributed by atoms with Gasteiger partial charge in [-0.1, -0.05) is 18.2 Å². The number of aryl methyl sites for hydroxylation is 1. The first-order valence-electron chi connectivity index (χ1n) is 8.04. The summed E-state index contributed by atoms with van der Waals surface area (Å²) in [6.45, 7) is 1.82. The van der Waals surface area contributed by atoms with E-state index in [-0.39, 0.29) is 5.91 Å². The van der Waals surface area contributed by atoms with Gasteiger partial charge in [-0.3, -0.25) is 9.48 Å². The summed E-state index contributed by atoms with van der Waals surface area (Å²) in [5.41, 5.74) is 3.62. The SMILES string of the molecule is N#Cc1cc2n(n1)CCN(C(=O)CCc1c[nH]c3ccccc13)C2. The molecule has 6 heteroatoms. The minimum absolute atomic E-state index is 0.145. The van der Waals surface area contributed by atoms with E-state index in [2.05, 4.69) is 22.2 Å². The van der Waals surface area contributed by atoms with Crippen LogP contribution in [0.15, 0.2) is 36.5 Å². The molecule has 1 aliphatic heterocycles. The Labute approximate surface area is 139 Å². The first-order valence-corrected chi connectivity index (χ1v) is 8.04. The van der Waals surface area contributed by atoms with Crippen molar-refractivity contribution in [3.63, 3.8) is 0 Å². The standard InChI is InChI=1S/C18H17N5O/c19-10-14-9-15-12-22(7-8-23(15)21-14)18(24)6-5-13-11-20-17-4-2-1-3-16(13)17/h1-4,9,11,20H,5-8,12H2. The van der Waals surface area contributed by atoms with Crippen molar-refractivity contribution in [1.82, 2.24) is 19.7 Å². The molecule has 0 saturated heterocycles. The van der Waals surface area contributed by atoms with Crippen LogP contribution in [-0.2, 0) is 24.3 Å². The number of H-pyrrole nitrogens is 1. The smallest absolute Gasteiger partial charge is 0.223 e. The second kappa shape index (κ2) is 5.85. The van der Waals surface area contributed by atoms with Crippen LogP contribution in [0.1, 0.15) is 23.4 Å². The van der Waals surface area contributed by atoms with Gasteiger partial charge in [-0.05, 0) is 24.1 Å². The number of para-hydroxylation sites is 1. The fraction of sp³-hybridized carbons (Fsp3) is 0.278. The van der Waals surface area contributed by atoms with Crippen LogP contribution in [0.2, 0.25) is 0 Å². The van der Waals surface area contributed by atoms with Gasteiger partial charge in [0.15, 0.2) is 5.69 Å². The molecule has 0 spiro atoms. The molecule has 3 aromatic rings. The van der Waals surface area contributed by atoms with Gasteiger partial charge in [-0.25, -0.2) is 0 Å². The van der Waals surface area contributed by atoms with E-state index in [1.54, 1.807) is 6.07 Å². The number of aromatic nitrogens is 3. The Morgan fingerprint density at radius 1 is 1.33 bits per heavy atom. The molecule has 1 amide bonds. The van der Waals surface area contributed by atoms with E-state index in [4.69, 9.17) is 5.26 Å². The lowest BCUT2D eigenvalue weighted by Gasteiger charge is -2.27. The van der Waals surface area contributed by atoms with Crippen molar-refractivity contribution in [2.75, 3.05) is 6.54 Å². The van der Waals surface area contributed by atoms with Gasteiger partial charge in [0.25, 0.3) is 0 Å². The third kappa shape index (κ3) is 2.54. The van der Waals surface area contributed by atoms with E-state index < -0.39 is 0 Å². The van der Waals surface area contributed by atoms with Crippen molar-refractivity contribution in [3.05, 3.63) is 53.5 Å². The van der Waals surface area contributed by atoms with Gasteiger partial charge < -0.3 is 9.88 Å². The number of carbonyl (C=O) groups is 1. The number of hydrogen-bond donors (Lipinski definition) is 1. The Hall–Kier alpha value is -3.07. The highest BCUT2D eigenvalue weighted by Gasteiger charge is 2.22. The summed E-state index contributed by atoms with van der Waals surface area (Å²) in [6, 6.07) is 11.9. The number of amides is 1. The van der Waals surface area contributed by atoms with Gasteiger partial charge in [0.1, 0.15) is 6.07 Å². The molecule has 0 radical (unpaired) electrons. The number of carbonyl (C=O) groups excluding carboxylic acids is 1. The minimum Gasteiger partial charge on any atom is -0.361 e. The zero-order chi connectivity index (χ0) is 16.5. The zero-order valence-electron chi connectivity index (χ0n) is 13.2. The van der Waals surface area contributed by atoms with Crippen LogP contribution in [0.25, 0.3) is 10.9 Å². The Morgan fingerprint density at radius 2 is 2.21 bits per heavy atom. The fourth-order valence-electron chi connectivity index (χ4n) is 3.27. The van der Waals surface area contributed by atoms with E-state index in [1.807, 2.05) is 34.0 Å². The van der Waals surface area contributed by atoms with Gasteiger partial charge in [-0.2, -0.15) is 10.4 Å². The van der Waals surface area contributed by atoms with Crippen LogP contribution < -0.4 is 0 Å². The van der Waals surface area contributed by atoms with Crippen LogP contribution in [0.3, 0.4) is 0 Å². The van der Waals surface area contributed by atoms with Crippen LogP contribution in [-0.4, -0.2) is 32.1 Å². The third-order valence-electron chi connectivity index (χ3n) is 4.55. The van der Waals surface area contributed by atoms with Gasteiger partial charge >= 0.3 is 0 Å². The topological polar surface area (TPSA) is 77.7 Å². The average molecular weight is 319 g/mol. The number of rotatable bonds is 3. The van der Waals surface area contributed by atoms with E-state index >= 15 is 0 Å². The van der Waals surface area contributed by atoms with Crippen molar-refractivity contribution < 1.29 is 4.79 Å². The highest BCUT2D eigenvalue weighted by atomic mass is 16.2. The van der Waals surface area contributed by atoms with E-state index in [0.717, 1.165) is 17.6 Å². The highest BCUT2D eigenvalue weighted by molar-refractivity contribution is 5.84. The van der Waals surface area contributed by atoms with Crippen molar-refractivity contribution in [2.24, 2.45) is 0 Å². The highest BCUT2D eigenvalue weighted by Crippen LogP contribution is 2.20. The molecule has 1 aliphatic rings. The molecular weight excluding hydrogens is 302 g/mol. The van der Waals surface area contributed by atoms with Crippen LogP contribution in [0.5, 0.6) is 0 Å². The minimum atomic E-state index is 0.145. The molecule has 4 rings (SSSR count). The molecule has 6 nitrogen and oxygen atoms in total. The molecule has 0 unspecified atom stereocenters. The lowest BCUT2D eigenvalue weighted by Crippen LogP contribution is -2.38. The number of benzene rings is 1. The number of hydrogen-bond acceptors (Lipinski definition) is 3. The van der Waals surface area contributed by atoms with Gasteiger partial charge in [0.2, 0.25) is 5.91 Å². The largest absolute Gasteiger partial charge is 0.361 e. The molecular formula is C18H17N5O. The second-order valence-electron chi connectivity index (χ2n) is 6.03. The third-order valence-corrected chi connectivity index (χ3v) is 4.55. The van der Waals surface area contributed by atoms with Crippen molar-refractivity contribution in [2.45, 2.75) is 25.9 Å². The number of nitrogens with one attached hydrogen (secondary N) is 1. The molecule has 1 N–H and O–H groups in total. The molecule has 0 bridgehead atoms. The molecule has 0 aliphatic carbocycles. The lowest BCUT2D eigenvalue weighted by molar-refractivity contribution is -0.132. The number of nitriles is 1. The summed E-state index contributed by atoms with van der Waals surface area (Å²) < 4.78 is 1.82. The van der Waals surface area contributed by atoms with Crippen molar-refractivity contribution >= 4 is 16.8 Å². The monoisotopic (exact) mass is 319 g/mol. The van der Waals surface area contributed by atoms with E-state index in [9.17, 15) is 4.79 Å². The quantitative estimate of drug-likeness (QED) is 0.804. The van der Waals surface area contributed by atoms with E-state index in [1.165, 1.54) is 10.9 Å². The van der Waals surface area contributed by atoms with Gasteiger partial charge in [-0.15, -0.1) is 0 Å². The maximum atomic E-state index is 12.5. The summed E-state index contributed by atoms with van der Waals surface area (Å²) in [5, 5.41) is 14.3. The second-order valence-corrected chi connectivity index (χ2v) is 6.03. The number of aromatic amines is 1. The molecule has 24 heavy (non-hydrogen) atoms. The summed E-state index contributed by atoms with van der Waals surface area (Å²) >= 11 is 0. The average Bonchev–Trinajstić information content (AvgIpc) is 3.22. The van der Waals surface area contributed by atoms with Crippen molar-refractivity contribution in [3.8, 4) is 6.07 Å². The fourth-order valence-corrected chi connectivity index (χ4v) is 3.27. The van der Waals surface area contributed by atoms with E-state index in [0.29, 0.717) is 31.7 Å². The zero-order valence-corrected chi connectivity index (χ0v) is 13.2. The van der Waals surface area contributed by atoms with Crippen LogP contribution in [0.4, 0.5) is 0 Å². The normalized spacial score (nSPS) is 13.7. The lowest BCUT2D eigenvalue weighted by atomic mass is 10.1. The maximum Gasteiger partial charge on any atom is 0.223 e. The number of fused-ring (bicyclic) bond motifs is 2. The Balaban J connectivity index is 1.43. The Bertz CT molecular complexity index is 946. The molecule has 2 aromatic heterocycles. The molecule has 0 saturated carbocycles. The predicted octanol–water partition coefficient (Wildman–Crippen LogP) is 2.21. The first-order chi connectivity index (χ1) is 11.7. The van der Waals surface area contributed by atoms with Crippen LogP contribution >= 0.6 is 0 Å². The Morgan fingerprint density at radius 3 is 3.08 bits per heavy atom. The first kappa shape index (κ1) is 14.5. The molecule has 0 fully saturated rings. The summed E-state index contributed by atoms with van der Waals surface area (Å²) in [7, 11) is 0. The molecule has 120 valence electrons. The summed E-state index contributed by atoms with van der Waals surface area (Å²) in [5.74, 6) is 0.145. The maximum absolute atomic E-state index is 12.5. The summed E-state index contributed by atoms with van der Waals surface area (Å²) in [4.78, 5) is 17.6. The van der Waals surface area contributed by atoms with Crippen molar-refractivity contribution in [1.29, 1.82) is 5.26 Å². The molecule has 3 heterocycles.